The first-order valence-corrected chi connectivity index (χ1v) is 5.53. The van der Waals surface area contributed by atoms with E-state index >= 15 is 0 Å². The molecule has 2 N–H and O–H groups in total. The third-order valence-corrected chi connectivity index (χ3v) is 2.68. The highest BCUT2D eigenvalue weighted by Crippen LogP contribution is 2.22. The highest BCUT2D eigenvalue weighted by atomic mass is 14.9. The lowest BCUT2D eigenvalue weighted by Crippen LogP contribution is -2.24. The zero-order valence-electron chi connectivity index (χ0n) is 8.92. The summed E-state index contributed by atoms with van der Waals surface area (Å²) in [6.07, 6.45) is 7.93. The molecule has 2 heteroatoms. The molecule has 1 rings (SSSR count). The summed E-state index contributed by atoms with van der Waals surface area (Å²) < 4.78 is 0. The first-order chi connectivity index (χ1) is 6.20. The smallest absolute Gasteiger partial charge is 0.0971 e. The van der Waals surface area contributed by atoms with Crippen molar-refractivity contribution in [1.29, 1.82) is 0 Å². The summed E-state index contributed by atoms with van der Waals surface area (Å²) in [6, 6.07) is 0.350. The summed E-state index contributed by atoms with van der Waals surface area (Å²) in [4.78, 5) is 4.44. The van der Waals surface area contributed by atoms with Crippen molar-refractivity contribution in [3.63, 3.8) is 0 Å². The molecule has 0 radical (unpaired) electrons. The molecular formula is C11H22N2. The Morgan fingerprint density at radius 1 is 1.15 bits per heavy atom. The van der Waals surface area contributed by atoms with E-state index in [-0.39, 0.29) is 0 Å². The molecule has 0 amide bonds. The maximum absolute atomic E-state index is 5.97. The summed E-state index contributed by atoms with van der Waals surface area (Å²) in [6.45, 7) is 4.17. The summed E-state index contributed by atoms with van der Waals surface area (Å²) >= 11 is 0. The zero-order valence-corrected chi connectivity index (χ0v) is 8.92. The molecule has 0 aromatic carbocycles. The molecule has 0 spiro atoms. The molecule has 0 atom stereocenters. The van der Waals surface area contributed by atoms with Crippen molar-refractivity contribution in [2.75, 3.05) is 0 Å². The Bertz CT molecular complexity index is 165. The summed E-state index contributed by atoms with van der Waals surface area (Å²) in [7, 11) is 0. The van der Waals surface area contributed by atoms with Crippen molar-refractivity contribution in [2.24, 2.45) is 16.6 Å². The number of aliphatic imine (C=N–C) groups is 1. The van der Waals surface area contributed by atoms with Gasteiger partial charge in [0.2, 0.25) is 0 Å². The van der Waals surface area contributed by atoms with Crippen LogP contribution in [0.3, 0.4) is 0 Å². The molecule has 0 bridgehead atoms. The quantitative estimate of drug-likeness (QED) is 0.398. The van der Waals surface area contributed by atoms with Gasteiger partial charge in [-0.05, 0) is 26.7 Å². The van der Waals surface area contributed by atoms with Gasteiger partial charge in [-0.25, -0.2) is 0 Å². The van der Waals surface area contributed by atoms with Gasteiger partial charge >= 0.3 is 0 Å². The van der Waals surface area contributed by atoms with Gasteiger partial charge in [-0.15, -0.1) is 0 Å². The van der Waals surface area contributed by atoms with Crippen molar-refractivity contribution in [3.8, 4) is 0 Å². The molecule has 0 heterocycles. The van der Waals surface area contributed by atoms with Gasteiger partial charge in [0.1, 0.15) is 0 Å². The molecule has 1 aliphatic carbocycles. The molecule has 1 aliphatic rings. The minimum atomic E-state index is 0.350. The lowest BCUT2D eigenvalue weighted by Gasteiger charge is -2.14. The van der Waals surface area contributed by atoms with Crippen LogP contribution < -0.4 is 5.73 Å². The van der Waals surface area contributed by atoms with Crippen molar-refractivity contribution < 1.29 is 0 Å². The molecule has 76 valence electrons. The van der Waals surface area contributed by atoms with Crippen LogP contribution in [0.4, 0.5) is 0 Å². The van der Waals surface area contributed by atoms with Crippen molar-refractivity contribution in [3.05, 3.63) is 0 Å². The van der Waals surface area contributed by atoms with Crippen LogP contribution in [-0.4, -0.2) is 11.9 Å². The minimum Gasteiger partial charge on any atom is -0.387 e. The second kappa shape index (κ2) is 5.25. The van der Waals surface area contributed by atoms with Crippen LogP contribution in [-0.2, 0) is 0 Å². The van der Waals surface area contributed by atoms with E-state index in [1.165, 1.54) is 38.5 Å². The molecule has 0 aromatic rings. The largest absolute Gasteiger partial charge is 0.387 e. The molecule has 2 nitrogen and oxygen atoms in total. The average molecular weight is 182 g/mol. The second-order valence-electron chi connectivity index (χ2n) is 4.34. The number of rotatable bonds is 2. The Morgan fingerprint density at radius 3 is 2.15 bits per heavy atom. The van der Waals surface area contributed by atoms with Gasteiger partial charge in [0.25, 0.3) is 0 Å². The topological polar surface area (TPSA) is 38.4 Å². The molecule has 0 unspecified atom stereocenters. The Balaban J connectivity index is 2.48. The molecule has 1 saturated carbocycles. The Hall–Kier alpha value is -0.530. The minimum absolute atomic E-state index is 0.350. The average Bonchev–Trinajstić information content (AvgIpc) is 2.29. The number of nitrogens with two attached hydrogens (primary N) is 1. The fourth-order valence-corrected chi connectivity index (χ4v) is 1.98. The van der Waals surface area contributed by atoms with Crippen molar-refractivity contribution in [1.82, 2.24) is 0 Å². The number of amidine groups is 1. The van der Waals surface area contributed by atoms with Gasteiger partial charge in [0, 0.05) is 12.0 Å². The first-order valence-electron chi connectivity index (χ1n) is 5.53. The van der Waals surface area contributed by atoms with Crippen LogP contribution in [0.25, 0.3) is 0 Å². The van der Waals surface area contributed by atoms with Gasteiger partial charge in [-0.3, -0.25) is 4.99 Å². The lowest BCUT2D eigenvalue weighted by atomic mass is 9.99. The van der Waals surface area contributed by atoms with Crippen molar-refractivity contribution >= 4 is 5.84 Å². The van der Waals surface area contributed by atoms with Gasteiger partial charge in [-0.1, -0.05) is 25.7 Å². The molecule has 0 aromatic heterocycles. The van der Waals surface area contributed by atoms with Gasteiger partial charge < -0.3 is 5.73 Å². The SMILES string of the molecule is CC(C)N=C(N)C1CCCCCC1. The van der Waals surface area contributed by atoms with Gasteiger partial charge in [0.05, 0.1) is 5.84 Å². The Morgan fingerprint density at radius 2 is 1.69 bits per heavy atom. The third kappa shape index (κ3) is 3.79. The standard InChI is InChI=1S/C11H22N2/c1-9(2)13-11(12)10-7-5-3-4-6-8-10/h9-10H,3-8H2,1-2H3,(H2,12,13). The van der Waals surface area contributed by atoms with Crippen molar-refractivity contribution in [2.45, 2.75) is 58.4 Å². The first kappa shape index (κ1) is 10.6. The van der Waals surface area contributed by atoms with Crippen LogP contribution in [0.5, 0.6) is 0 Å². The van der Waals surface area contributed by atoms with E-state index < -0.39 is 0 Å². The van der Waals surface area contributed by atoms with Gasteiger partial charge in [0.15, 0.2) is 0 Å². The fourth-order valence-electron chi connectivity index (χ4n) is 1.98. The van der Waals surface area contributed by atoms with E-state index in [2.05, 4.69) is 18.8 Å². The summed E-state index contributed by atoms with van der Waals surface area (Å²) in [5.74, 6) is 1.47. The maximum atomic E-state index is 5.97. The fraction of sp³-hybridized carbons (Fsp3) is 0.909. The van der Waals surface area contributed by atoms with Crippen LogP contribution in [0.2, 0.25) is 0 Å². The van der Waals surface area contributed by atoms with E-state index in [9.17, 15) is 0 Å². The zero-order chi connectivity index (χ0) is 9.68. The molecular weight excluding hydrogens is 160 g/mol. The summed E-state index contributed by atoms with van der Waals surface area (Å²) in [5.41, 5.74) is 5.97. The summed E-state index contributed by atoms with van der Waals surface area (Å²) in [5, 5.41) is 0. The highest BCUT2D eigenvalue weighted by Gasteiger charge is 2.15. The molecule has 0 aliphatic heterocycles. The van der Waals surface area contributed by atoms with Crippen LogP contribution in [0, 0.1) is 5.92 Å². The molecule has 0 saturated heterocycles. The maximum Gasteiger partial charge on any atom is 0.0971 e. The molecule has 13 heavy (non-hydrogen) atoms. The predicted octanol–water partition coefficient (Wildman–Crippen LogP) is 2.72. The van der Waals surface area contributed by atoms with E-state index in [4.69, 9.17) is 5.73 Å². The van der Waals surface area contributed by atoms with E-state index in [0.717, 1.165) is 5.84 Å². The predicted molar refractivity (Wildman–Crippen MR) is 58.0 cm³/mol. The van der Waals surface area contributed by atoms with E-state index in [1.807, 2.05) is 0 Å². The lowest BCUT2D eigenvalue weighted by molar-refractivity contribution is 0.581. The van der Waals surface area contributed by atoms with E-state index in [0.29, 0.717) is 12.0 Å². The Kier molecular flexibility index (Phi) is 4.26. The second-order valence-corrected chi connectivity index (χ2v) is 4.34. The normalized spacial score (nSPS) is 21.9. The number of hydrogen-bond donors (Lipinski definition) is 1. The third-order valence-electron chi connectivity index (χ3n) is 2.68. The van der Waals surface area contributed by atoms with Crippen LogP contribution in [0.1, 0.15) is 52.4 Å². The molecule has 1 fully saturated rings. The van der Waals surface area contributed by atoms with Crippen LogP contribution >= 0.6 is 0 Å². The monoisotopic (exact) mass is 182 g/mol. The van der Waals surface area contributed by atoms with Crippen LogP contribution in [0.15, 0.2) is 4.99 Å². The Labute approximate surface area is 81.6 Å². The highest BCUT2D eigenvalue weighted by molar-refractivity contribution is 5.82. The number of nitrogens with zero attached hydrogens (tertiary/aromatic N) is 1. The van der Waals surface area contributed by atoms with E-state index in [1.54, 1.807) is 0 Å². The number of hydrogen-bond acceptors (Lipinski definition) is 1. The van der Waals surface area contributed by atoms with Gasteiger partial charge in [-0.2, -0.15) is 0 Å².